The van der Waals surface area contributed by atoms with E-state index in [0.29, 0.717) is 54.4 Å². The summed E-state index contributed by atoms with van der Waals surface area (Å²) >= 11 is 29.5. The van der Waals surface area contributed by atoms with Crippen molar-refractivity contribution in [2.45, 2.75) is 61.5 Å². The zero-order valence-electron chi connectivity index (χ0n) is 36.7. The number of hydrogen-bond donors (Lipinski definition) is 2. The van der Waals surface area contributed by atoms with Crippen molar-refractivity contribution in [3.63, 3.8) is 0 Å². The molecule has 0 aromatic heterocycles. The Balaban J connectivity index is 1.05. The van der Waals surface area contributed by atoms with Crippen LogP contribution in [0.2, 0.25) is 20.1 Å². The average Bonchev–Trinajstić information content (AvgIpc) is 3.57. The predicted octanol–water partition coefficient (Wildman–Crippen LogP) is 11.7. The van der Waals surface area contributed by atoms with Gasteiger partial charge in [0.1, 0.15) is 13.1 Å². The number of likely N-dealkylation sites (tertiary alicyclic amines) is 2. The first-order valence-corrected chi connectivity index (χ1v) is 26.2. The van der Waals surface area contributed by atoms with Crippen molar-refractivity contribution in [1.82, 2.24) is 9.80 Å². The minimum absolute atomic E-state index is 0.0502. The minimum atomic E-state index is -1.35. The number of nitrogens with one attached hydrogen (secondary N) is 2. The van der Waals surface area contributed by atoms with Gasteiger partial charge in [-0.15, -0.1) is 0 Å². The summed E-state index contributed by atoms with van der Waals surface area (Å²) in [6.07, 6.45) is 11.3. The molecule has 10 nitrogen and oxygen atoms in total. The third-order valence-corrected chi connectivity index (χ3v) is 15.6. The third-order valence-electron chi connectivity index (χ3n) is 12.0. The van der Waals surface area contributed by atoms with Crippen molar-refractivity contribution in [2.75, 3.05) is 74.5 Å². The Kier molecular flexibility index (Phi) is 17.0. The molecule has 0 radical (unpaired) electrons. The summed E-state index contributed by atoms with van der Waals surface area (Å²) < 4.78 is 12.7. The molecular formula is C50H54Cl4N6O4S2. The number of fused-ring (bicyclic) bond motifs is 2. The summed E-state index contributed by atoms with van der Waals surface area (Å²) in [6.45, 7) is 6.34. The smallest absolute Gasteiger partial charge is 0.333 e. The van der Waals surface area contributed by atoms with E-state index in [1.165, 1.54) is 62.0 Å². The Morgan fingerprint density at radius 1 is 0.576 bits per heavy atom. The predicted molar refractivity (Wildman–Crippen MR) is 276 cm³/mol. The number of esters is 2. The van der Waals surface area contributed by atoms with Gasteiger partial charge in [-0.1, -0.05) is 119 Å². The standard InChI is InChI=1S/C50H54Cl4N6O4S2/c51-35-17-19-43-39(31-35)47(37-13-3-5-15-41(37)53)55-33-49(57-43,65-29-11-27-59-23-7-1-8-24-59)63-45(61)21-22-46(62)64-50(66-30-12-28-60-25-9-2-10-26-60)34-56-48(38-14-4-6-16-42(38)54)40-32-36(52)18-20-44(40)58-50/h3-6,13-22,31-32,57-58H,1-2,7-12,23-30,33-34H2/b22-21+. The molecule has 4 aliphatic rings. The fourth-order valence-electron chi connectivity index (χ4n) is 8.72. The Morgan fingerprint density at radius 3 is 1.39 bits per heavy atom. The van der Waals surface area contributed by atoms with E-state index in [9.17, 15) is 9.59 Å². The van der Waals surface area contributed by atoms with Gasteiger partial charge in [0.05, 0.1) is 11.4 Å². The molecule has 0 spiro atoms. The highest BCUT2D eigenvalue weighted by Gasteiger charge is 2.40. The van der Waals surface area contributed by atoms with Crippen LogP contribution in [0.25, 0.3) is 0 Å². The number of benzene rings is 4. The van der Waals surface area contributed by atoms with Crippen molar-refractivity contribution in [3.8, 4) is 0 Å². The van der Waals surface area contributed by atoms with E-state index in [2.05, 4.69) is 20.4 Å². The third kappa shape index (κ3) is 12.7. The van der Waals surface area contributed by atoms with Gasteiger partial charge in [0.2, 0.25) is 0 Å². The maximum Gasteiger partial charge on any atom is 0.333 e. The molecule has 4 aromatic rings. The van der Waals surface area contributed by atoms with Crippen molar-refractivity contribution in [3.05, 3.63) is 139 Å². The average molecular weight is 1010 g/mol. The maximum atomic E-state index is 14.1. The van der Waals surface area contributed by atoms with E-state index < -0.39 is 22.1 Å². The van der Waals surface area contributed by atoms with E-state index in [1.807, 2.05) is 72.8 Å². The summed E-state index contributed by atoms with van der Waals surface area (Å²) in [5.74, 6) is -0.138. The Hall–Kier alpha value is -3.72. The Labute approximate surface area is 416 Å². The van der Waals surface area contributed by atoms with Crippen LogP contribution in [-0.4, -0.2) is 107 Å². The molecule has 2 fully saturated rings. The maximum absolute atomic E-state index is 14.1. The molecule has 16 heteroatoms. The molecule has 2 saturated heterocycles. The number of rotatable bonds is 16. The van der Waals surface area contributed by atoms with Crippen LogP contribution in [-0.2, 0) is 19.1 Å². The summed E-state index contributed by atoms with van der Waals surface area (Å²) in [7, 11) is 0. The molecule has 0 amide bonds. The second-order valence-electron chi connectivity index (χ2n) is 16.8. The number of carbonyl (C=O) groups excluding carboxylic acids is 2. The number of anilines is 2. The van der Waals surface area contributed by atoms with Gasteiger partial charge in [-0.2, -0.15) is 0 Å². The van der Waals surface area contributed by atoms with Crippen LogP contribution < -0.4 is 10.6 Å². The normalized spacial score (nSPS) is 21.3. The second-order valence-corrected chi connectivity index (χ2v) is 21.2. The van der Waals surface area contributed by atoms with Crippen LogP contribution in [0, 0.1) is 0 Å². The molecule has 4 aromatic carbocycles. The highest BCUT2D eigenvalue weighted by atomic mass is 35.5. The number of aliphatic imine (C=N–C) groups is 2. The molecule has 0 saturated carbocycles. The highest BCUT2D eigenvalue weighted by molar-refractivity contribution is 8.00. The fraction of sp³-hybridized carbons (Fsp3) is 0.400. The van der Waals surface area contributed by atoms with Gasteiger partial charge in [-0.25, -0.2) is 9.59 Å². The topological polar surface area (TPSA) is 108 Å². The lowest BCUT2D eigenvalue weighted by Crippen LogP contribution is -2.43. The first-order valence-electron chi connectivity index (χ1n) is 22.7. The summed E-state index contributed by atoms with van der Waals surface area (Å²) in [5.41, 5.74) is 5.48. The van der Waals surface area contributed by atoms with Gasteiger partial charge in [0.25, 0.3) is 10.1 Å². The van der Waals surface area contributed by atoms with E-state index in [0.717, 1.165) is 86.5 Å². The van der Waals surface area contributed by atoms with Gasteiger partial charge >= 0.3 is 11.9 Å². The Morgan fingerprint density at radius 2 is 0.985 bits per heavy atom. The van der Waals surface area contributed by atoms with Crippen LogP contribution in [0.15, 0.2) is 107 Å². The van der Waals surface area contributed by atoms with Gasteiger partial charge < -0.3 is 29.9 Å². The quantitative estimate of drug-likeness (QED) is 0.0488. The van der Waals surface area contributed by atoms with E-state index >= 15 is 0 Å². The molecule has 0 aliphatic carbocycles. The molecule has 8 rings (SSSR count). The number of piperidine rings is 2. The molecular weight excluding hydrogens is 955 g/mol. The van der Waals surface area contributed by atoms with Crippen molar-refractivity contribution in [2.24, 2.45) is 9.98 Å². The summed E-state index contributed by atoms with van der Waals surface area (Å²) in [5, 5.41) is 6.48. The van der Waals surface area contributed by atoms with Gasteiger partial charge in [0, 0.05) is 77.4 Å². The van der Waals surface area contributed by atoms with Crippen molar-refractivity contribution < 1.29 is 19.1 Å². The van der Waals surface area contributed by atoms with Gasteiger partial charge in [0.15, 0.2) is 0 Å². The zero-order chi connectivity index (χ0) is 45.9. The lowest BCUT2D eigenvalue weighted by atomic mass is 10.0. The fourth-order valence-corrected chi connectivity index (χ4v) is 11.7. The van der Waals surface area contributed by atoms with Gasteiger partial charge in [-0.05, 0) is 126 Å². The molecule has 0 bridgehead atoms. The van der Waals surface area contributed by atoms with Crippen molar-refractivity contribution in [1.29, 1.82) is 0 Å². The van der Waals surface area contributed by atoms with Crippen molar-refractivity contribution >= 4 is 105 Å². The van der Waals surface area contributed by atoms with Crippen LogP contribution in [0.5, 0.6) is 0 Å². The molecule has 2 N–H and O–H groups in total. The summed E-state index contributed by atoms with van der Waals surface area (Å²) in [6, 6.07) is 25.9. The molecule has 2 atom stereocenters. The second kappa shape index (κ2) is 23.1. The molecule has 2 unspecified atom stereocenters. The van der Waals surface area contributed by atoms with E-state index in [1.54, 1.807) is 12.1 Å². The number of carbonyl (C=O) groups is 2. The van der Waals surface area contributed by atoms with Crippen LogP contribution >= 0.6 is 69.9 Å². The number of halogens is 4. The SMILES string of the molecule is O=C(/C=C/C(=O)OC1(SCCCN2CCCCC2)CN=C(c2ccccc2Cl)c2cc(Cl)ccc2N1)OC1(SCCCN2CCCCC2)CN=C(c2ccccc2Cl)c2cc(Cl)ccc2N1. The van der Waals surface area contributed by atoms with E-state index in [4.69, 9.17) is 65.9 Å². The van der Waals surface area contributed by atoms with Gasteiger partial charge in [-0.3, -0.25) is 9.98 Å². The molecule has 66 heavy (non-hydrogen) atoms. The lowest BCUT2D eigenvalue weighted by molar-refractivity contribution is -0.146. The molecule has 4 aliphatic heterocycles. The summed E-state index contributed by atoms with van der Waals surface area (Å²) in [4.78, 5) is 43.2. The van der Waals surface area contributed by atoms with Crippen LogP contribution in [0.1, 0.15) is 73.6 Å². The number of thioether (sulfide) groups is 2. The monoisotopic (exact) mass is 1010 g/mol. The van der Waals surface area contributed by atoms with Crippen LogP contribution in [0.3, 0.4) is 0 Å². The molecule has 4 heterocycles. The highest BCUT2D eigenvalue weighted by Crippen LogP contribution is 2.40. The lowest BCUT2D eigenvalue weighted by Gasteiger charge is -2.33. The van der Waals surface area contributed by atoms with Crippen LogP contribution in [0.4, 0.5) is 11.4 Å². The number of hydrogen-bond acceptors (Lipinski definition) is 12. The number of nitrogens with zero attached hydrogens (tertiary/aromatic N) is 4. The Bertz CT molecular complexity index is 2300. The zero-order valence-corrected chi connectivity index (χ0v) is 41.4. The number of benzodiazepines with no additional fused rings is 2. The number of ether oxygens (including phenoxy) is 2. The van der Waals surface area contributed by atoms with E-state index in [-0.39, 0.29) is 13.1 Å². The minimum Gasteiger partial charge on any atom is -0.424 e. The first-order chi connectivity index (χ1) is 32.1. The molecule has 348 valence electrons. The largest absolute Gasteiger partial charge is 0.424 e. The first kappa shape index (κ1) is 48.7.